The first-order chi connectivity index (χ1) is 7.64. The molecule has 1 aliphatic rings. The van der Waals surface area contributed by atoms with Crippen LogP contribution in [0.4, 0.5) is 0 Å². The molecule has 3 heteroatoms. The van der Waals surface area contributed by atoms with Gasteiger partial charge in [0.1, 0.15) is 5.75 Å². The Balaban J connectivity index is 2.20. The van der Waals surface area contributed by atoms with Gasteiger partial charge in [-0.2, -0.15) is 0 Å². The van der Waals surface area contributed by atoms with Gasteiger partial charge in [-0.05, 0) is 44.0 Å². The molecule has 2 atom stereocenters. The summed E-state index contributed by atoms with van der Waals surface area (Å²) in [7, 11) is 1.67. The molecule has 16 heavy (non-hydrogen) atoms. The van der Waals surface area contributed by atoms with Gasteiger partial charge in [0.05, 0.1) is 13.2 Å². The molecule has 1 heterocycles. The van der Waals surface area contributed by atoms with Crippen LogP contribution in [-0.2, 0) is 5.54 Å². The number of ether oxygens (including phenoxy) is 1. The minimum atomic E-state index is -0.201. The molecule has 1 aromatic rings. The quantitative estimate of drug-likeness (QED) is 0.798. The Hall–Kier alpha value is -1.06. The Morgan fingerprint density at radius 1 is 1.38 bits per heavy atom. The van der Waals surface area contributed by atoms with Crippen molar-refractivity contribution >= 4 is 0 Å². The van der Waals surface area contributed by atoms with Gasteiger partial charge in [-0.15, -0.1) is 0 Å². The van der Waals surface area contributed by atoms with Gasteiger partial charge in [0.2, 0.25) is 0 Å². The van der Waals surface area contributed by atoms with Crippen molar-refractivity contribution in [2.75, 3.05) is 13.7 Å². The molecule has 0 aromatic heterocycles. The molecule has 1 aromatic carbocycles. The zero-order valence-corrected chi connectivity index (χ0v) is 9.86. The smallest absolute Gasteiger partial charge is 0.118 e. The predicted molar refractivity (Wildman–Crippen MR) is 63.6 cm³/mol. The van der Waals surface area contributed by atoms with Gasteiger partial charge >= 0.3 is 0 Å². The van der Waals surface area contributed by atoms with E-state index in [1.165, 1.54) is 5.56 Å². The van der Waals surface area contributed by atoms with E-state index in [2.05, 4.69) is 24.4 Å². The Labute approximate surface area is 96.4 Å². The van der Waals surface area contributed by atoms with Crippen molar-refractivity contribution < 1.29 is 9.84 Å². The number of piperidine rings is 1. The summed E-state index contributed by atoms with van der Waals surface area (Å²) in [6, 6.07) is 8.04. The topological polar surface area (TPSA) is 41.5 Å². The summed E-state index contributed by atoms with van der Waals surface area (Å²) in [6.07, 6.45) is 1.40. The lowest BCUT2D eigenvalue weighted by Crippen LogP contribution is -2.47. The van der Waals surface area contributed by atoms with Crippen molar-refractivity contribution in [3.05, 3.63) is 29.8 Å². The van der Waals surface area contributed by atoms with Crippen LogP contribution < -0.4 is 10.1 Å². The first kappa shape index (κ1) is 11.4. The maximum atomic E-state index is 9.74. The molecule has 0 saturated carbocycles. The third kappa shape index (κ3) is 2.20. The zero-order chi connectivity index (χ0) is 11.6. The average molecular weight is 221 g/mol. The van der Waals surface area contributed by atoms with E-state index in [9.17, 15) is 5.11 Å². The Morgan fingerprint density at radius 3 is 2.62 bits per heavy atom. The second kappa shape index (κ2) is 4.44. The number of rotatable bonds is 2. The fourth-order valence-corrected chi connectivity index (χ4v) is 2.34. The number of benzene rings is 1. The molecule has 88 valence electrons. The van der Waals surface area contributed by atoms with Crippen LogP contribution in [0.1, 0.15) is 25.3 Å². The predicted octanol–water partition coefficient (Wildman–Crippen LogP) is 1.65. The monoisotopic (exact) mass is 221 g/mol. The zero-order valence-electron chi connectivity index (χ0n) is 9.86. The molecule has 2 N–H and O–H groups in total. The van der Waals surface area contributed by atoms with E-state index in [1.54, 1.807) is 7.11 Å². The van der Waals surface area contributed by atoms with Crippen LogP contribution in [0.5, 0.6) is 5.75 Å². The molecule has 0 aliphatic carbocycles. The van der Waals surface area contributed by atoms with E-state index >= 15 is 0 Å². The maximum absolute atomic E-state index is 9.74. The number of aliphatic hydroxyl groups is 1. The van der Waals surface area contributed by atoms with Gasteiger partial charge in [0, 0.05) is 5.54 Å². The average Bonchev–Trinajstić information content (AvgIpc) is 2.29. The number of hydrogen-bond acceptors (Lipinski definition) is 3. The van der Waals surface area contributed by atoms with E-state index in [0.29, 0.717) is 0 Å². The van der Waals surface area contributed by atoms with E-state index in [0.717, 1.165) is 25.1 Å². The van der Waals surface area contributed by atoms with Crippen LogP contribution >= 0.6 is 0 Å². The number of aliphatic hydroxyl groups excluding tert-OH is 1. The Bertz CT molecular complexity index is 349. The molecule has 0 radical (unpaired) electrons. The molecule has 1 aliphatic heterocycles. The highest BCUT2D eigenvalue weighted by Gasteiger charge is 2.32. The van der Waals surface area contributed by atoms with Gasteiger partial charge in [0.25, 0.3) is 0 Å². The maximum Gasteiger partial charge on any atom is 0.118 e. The Morgan fingerprint density at radius 2 is 2.06 bits per heavy atom. The highest BCUT2D eigenvalue weighted by atomic mass is 16.5. The fourth-order valence-electron chi connectivity index (χ4n) is 2.34. The lowest BCUT2D eigenvalue weighted by Gasteiger charge is -2.38. The summed E-state index contributed by atoms with van der Waals surface area (Å²) in [4.78, 5) is 0. The first-order valence-electron chi connectivity index (χ1n) is 5.72. The van der Waals surface area contributed by atoms with Gasteiger partial charge < -0.3 is 15.2 Å². The van der Waals surface area contributed by atoms with Gasteiger partial charge in [-0.3, -0.25) is 0 Å². The molecular formula is C13H19NO2. The normalized spacial score (nSPS) is 30.1. The van der Waals surface area contributed by atoms with Crippen molar-refractivity contribution in [3.8, 4) is 5.75 Å². The minimum Gasteiger partial charge on any atom is -0.497 e. The first-order valence-corrected chi connectivity index (χ1v) is 5.72. The van der Waals surface area contributed by atoms with Crippen LogP contribution in [0.2, 0.25) is 0 Å². The molecule has 1 saturated heterocycles. The molecule has 3 nitrogen and oxygen atoms in total. The van der Waals surface area contributed by atoms with Gasteiger partial charge in [-0.1, -0.05) is 12.1 Å². The summed E-state index contributed by atoms with van der Waals surface area (Å²) in [5.41, 5.74) is 1.08. The highest BCUT2D eigenvalue weighted by Crippen LogP contribution is 2.30. The van der Waals surface area contributed by atoms with Crippen molar-refractivity contribution in [1.82, 2.24) is 5.32 Å². The molecule has 2 unspecified atom stereocenters. The van der Waals surface area contributed by atoms with Gasteiger partial charge in [0.15, 0.2) is 0 Å². The molecule has 0 amide bonds. The third-order valence-electron chi connectivity index (χ3n) is 3.36. The summed E-state index contributed by atoms with van der Waals surface area (Å²) in [5.74, 6) is 0.865. The molecule has 2 rings (SSSR count). The van der Waals surface area contributed by atoms with E-state index in [4.69, 9.17) is 4.74 Å². The standard InChI is InChI=1S/C13H19NO2/c1-13(9-11(15)7-8-14-13)10-3-5-12(16-2)6-4-10/h3-6,11,14-15H,7-9H2,1-2H3. The molecule has 0 spiro atoms. The molecule has 0 bridgehead atoms. The van der Waals surface area contributed by atoms with E-state index in [1.807, 2.05) is 12.1 Å². The second-order valence-corrected chi connectivity index (χ2v) is 4.63. The van der Waals surface area contributed by atoms with Crippen LogP contribution in [-0.4, -0.2) is 24.9 Å². The number of hydrogen-bond donors (Lipinski definition) is 2. The SMILES string of the molecule is COc1ccc(C2(C)CC(O)CCN2)cc1. The lowest BCUT2D eigenvalue weighted by molar-refractivity contribution is 0.0835. The number of nitrogens with one attached hydrogen (secondary N) is 1. The van der Waals surface area contributed by atoms with E-state index < -0.39 is 0 Å². The van der Waals surface area contributed by atoms with Crippen molar-refractivity contribution in [3.63, 3.8) is 0 Å². The minimum absolute atomic E-state index is 0.121. The third-order valence-corrected chi connectivity index (χ3v) is 3.36. The Kier molecular flexibility index (Phi) is 3.17. The summed E-state index contributed by atoms with van der Waals surface area (Å²) in [5, 5.41) is 13.2. The van der Waals surface area contributed by atoms with Crippen molar-refractivity contribution in [1.29, 1.82) is 0 Å². The largest absolute Gasteiger partial charge is 0.497 e. The lowest BCUT2D eigenvalue weighted by atomic mass is 9.83. The van der Waals surface area contributed by atoms with Crippen LogP contribution in [0.15, 0.2) is 24.3 Å². The van der Waals surface area contributed by atoms with Crippen molar-refractivity contribution in [2.24, 2.45) is 0 Å². The molecular weight excluding hydrogens is 202 g/mol. The number of methoxy groups -OCH3 is 1. The molecule has 1 fully saturated rings. The van der Waals surface area contributed by atoms with Gasteiger partial charge in [-0.25, -0.2) is 0 Å². The fraction of sp³-hybridized carbons (Fsp3) is 0.538. The summed E-state index contributed by atoms with van der Waals surface area (Å²) in [6.45, 7) is 3.00. The highest BCUT2D eigenvalue weighted by molar-refractivity contribution is 5.32. The second-order valence-electron chi connectivity index (χ2n) is 4.63. The van der Waals surface area contributed by atoms with Crippen LogP contribution in [0, 0.1) is 0 Å². The summed E-state index contributed by atoms with van der Waals surface area (Å²) >= 11 is 0. The summed E-state index contributed by atoms with van der Waals surface area (Å²) < 4.78 is 5.14. The van der Waals surface area contributed by atoms with Crippen LogP contribution in [0.3, 0.4) is 0 Å². The van der Waals surface area contributed by atoms with Crippen molar-refractivity contribution in [2.45, 2.75) is 31.4 Å². The van der Waals surface area contributed by atoms with Crippen LogP contribution in [0.25, 0.3) is 0 Å². The van der Waals surface area contributed by atoms with E-state index in [-0.39, 0.29) is 11.6 Å².